The van der Waals surface area contributed by atoms with Crippen LogP contribution in [0.1, 0.15) is 11.3 Å². The van der Waals surface area contributed by atoms with Crippen molar-refractivity contribution in [3.05, 3.63) is 22.4 Å². The molecule has 0 aromatic carbocycles. The van der Waals surface area contributed by atoms with Crippen LogP contribution in [0.2, 0.25) is 0 Å². The summed E-state index contributed by atoms with van der Waals surface area (Å²) in [5.74, 6) is 2.44. The lowest BCUT2D eigenvalue weighted by molar-refractivity contribution is 0.145. The van der Waals surface area contributed by atoms with E-state index in [1.807, 2.05) is 23.1 Å². The molecule has 0 saturated carbocycles. The average Bonchev–Trinajstić information content (AvgIpc) is 2.87. The van der Waals surface area contributed by atoms with Gasteiger partial charge in [-0.15, -0.1) is 11.3 Å². The van der Waals surface area contributed by atoms with Crippen molar-refractivity contribution >= 4 is 23.1 Å². The number of hydrogen-bond donors (Lipinski definition) is 1. The molecule has 4 heteroatoms. The Kier molecular flexibility index (Phi) is 3.72. The average molecular weight is 242 g/mol. The van der Waals surface area contributed by atoms with Gasteiger partial charge in [0.2, 0.25) is 0 Å². The van der Waals surface area contributed by atoms with Gasteiger partial charge in [0.25, 0.3) is 0 Å². The third-order valence-corrected chi connectivity index (χ3v) is 5.34. The predicted molar refractivity (Wildman–Crippen MR) is 69.5 cm³/mol. The van der Waals surface area contributed by atoms with Crippen molar-refractivity contribution in [1.29, 1.82) is 0 Å². The highest BCUT2D eigenvalue weighted by molar-refractivity contribution is 7.99. The molecule has 2 heterocycles. The topological polar surface area (TPSA) is 29.3 Å². The second kappa shape index (κ2) is 4.87. The van der Waals surface area contributed by atoms with Crippen molar-refractivity contribution in [3.63, 3.8) is 0 Å². The maximum absolute atomic E-state index is 5.95. The quantitative estimate of drug-likeness (QED) is 0.876. The van der Waals surface area contributed by atoms with E-state index in [4.69, 9.17) is 5.73 Å². The lowest BCUT2D eigenvalue weighted by Gasteiger charge is -2.37. The monoisotopic (exact) mass is 242 g/mol. The van der Waals surface area contributed by atoms with Gasteiger partial charge in [0, 0.05) is 29.3 Å². The maximum atomic E-state index is 5.95. The maximum Gasteiger partial charge on any atom is 0.0430 e. The molecule has 1 unspecified atom stereocenters. The summed E-state index contributed by atoms with van der Waals surface area (Å²) < 4.78 is 0. The molecule has 0 radical (unpaired) electrons. The third-order valence-electron chi connectivity index (χ3n) is 3.25. The molecular weight excluding hydrogens is 224 g/mol. The Hall–Kier alpha value is -0.0300. The number of thioether (sulfide) groups is 1. The highest BCUT2D eigenvalue weighted by Gasteiger charge is 2.36. The van der Waals surface area contributed by atoms with Crippen molar-refractivity contribution in [2.45, 2.75) is 18.5 Å². The van der Waals surface area contributed by atoms with Crippen molar-refractivity contribution in [3.8, 4) is 0 Å². The Balaban J connectivity index is 2.02. The van der Waals surface area contributed by atoms with Crippen LogP contribution in [0.4, 0.5) is 0 Å². The second-order valence-electron chi connectivity index (χ2n) is 4.17. The Morgan fingerprint density at radius 2 is 2.47 bits per heavy atom. The highest BCUT2D eigenvalue weighted by Crippen LogP contribution is 2.33. The molecule has 1 fully saturated rings. The summed E-state index contributed by atoms with van der Waals surface area (Å²) in [7, 11) is 2.21. The van der Waals surface area contributed by atoms with E-state index in [-0.39, 0.29) is 5.54 Å². The minimum atomic E-state index is 0.245. The smallest absolute Gasteiger partial charge is 0.0430 e. The molecule has 2 nitrogen and oxygen atoms in total. The van der Waals surface area contributed by atoms with Crippen molar-refractivity contribution < 1.29 is 0 Å². The standard InChI is InChI=1S/C11H18N2S2/c1-13(7-10-3-2-5-15-10)11(8-12)4-6-14-9-11/h2-3,5H,4,6-9,12H2,1H3. The number of nitrogens with zero attached hydrogens (tertiary/aromatic N) is 1. The molecule has 2 N–H and O–H groups in total. The molecule has 0 bridgehead atoms. The van der Waals surface area contributed by atoms with Crippen molar-refractivity contribution in [1.82, 2.24) is 4.90 Å². The molecule has 1 aliphatic rings. The van der Waals surface area contributed by atoms with Crippen LogP contribution >= 0.6 is 23.1 Å². The third kappa shape index (κ3) is 2.38. The normalized spacial score (nSPS) is 26.3. The highest BCUT2D eigenvalue weighted by atomic mass is 32.2. The zero-order valence-corrected chi connectivity index (χ0v) is 10.7. The second-order valence-corrected chi connectivity index (χ2v) is 6.30. The Morgan fingerprint density at radius 3 is 3.00 bits per heavy atom. The first-order valence-corrected chi connectivity index (χ1v) is 7.32. The first kappa shape index (κ1) is 11.5. The summed E-state index contributed by atoms with van der Waals surface area (Å²) in [5.41, 5.74) is 6.19. The van der Waals surface area contributed by atoms with E-state index in [9.17, 15) is 0 Å². The largest absolute Gasteiger partial charge is 0.329 e. The first-order chi connectivity index (χ1) is 7.27. The van der Waals surface area contributed by atoms with Crippen LogP contribution in [0.5, 0.6) is 0 Å². The molecule has 1 aliphatic heterocycles. The molecule has 2 rings (SSSR count). The Labute approximate surface area is 99.8 Å². The summed E-state index contributed by atoms with van der Waals surface area (Å²) in [6, 6.07) is 4.32. The van der Waals surface area contributed by atoms with E-state index in [1.54, 1.807) is 0 Å². The van der Waals surface area contributed by atoms with E-state index in [0.29, 0.717) is 0 Å². The summed E-state index contributed by atoms with van der Waals surface area (Å²) in [5, 5.41) is 2.14. The number of likely N-dealkylation sites (N-methyl/N-ethyl adjacent to an activating group) is 1. The fourth-order valence-corrected chi connectivity index (χ4v) is 4.31. The van der Waals surface area contributed by atoms with Gasteiger partial charge in [-0.1, -0.05) is 6.07 Å². The van der Waals surface area contributed by atoms with Crippen LogP contribution in [-0.2, 0) is 6.54 Å². The van der Waals surface area contributed by atoms with Gasteiger partial charge in [0.15, 0.2) is 0 Å². The van der Waals surface area contributed by atoms with Gasteiger partial charge < -0.3 is 5.73 Å². The molecular formula is C11H18N2S2. The minimum absolute atomic E-state index is 0.245. The molecule has 1 saturated heterocycles. The number of hydrogen-bond acceptors (Lipinski definition) is 4. The van der Waals surface area contributed by atoms with Crippen LogP contribution in [0.15, 0.2) is 17.5 Å². The SMILES string of the molecule is CN(Cc1cccs1)C1(CN)CCSC1. The molecule has 0 spiro atoms. The van der Waals surface area contributed by atoms with Crippen LogP contribution < -0.4 is 5.73 Å². The van der Waals surface area contributed by atoms with Gasteiger partial charge in [0.1, 0.15) is 0 Å². The van der Waals surface area contributed by atoms with E-state index in [0.717, 1.165) is 13.1 Å². The first-order valence-electron chi connectivity index (χ1n) is 5.28. The number of nitrogens with two attached hydrogens (primary N) is 1. The van der Waals surface area contributed by atoms with Crippen molar-refractivity contribution in [2.24, 2.45) is 5.73 Å². The van der Waals surface area contributed by atoms with Gasteiger partial charge in [-0.2, -0.15) is 11.8 Å². The lowest BCUT2D eigenvalue weighted by atomic mass is 9.97. The molecule has 0 aliphatic carbocycles. The molecule has 1 aromatic heterocycles. The molecule has 1 aromatic rings. The van der Waals surface area contributed by atoms with E-state index in [1.165, 1.54) is 22.8 Å². The molecule has 0 amide bonds. The van der Waals surface area contributed by atoms with Gasteiger partial charge >= 0.3 is 0 Å². The van der Waals surface area contributed by atoms with E-state index < -0.39 is 0 Å². The van der Waals surface area contributed by atoms with Crippen molar-refractivity contribution in [2.75, 3.05) is 25.1 Å². The van der Waals surface area contributed by atoms with Crippen LogP contribution in [0.3, 0.4) is 0 Å². The van der Waals surface area contributed by atoms with E-state index >= 15 is 0 Å². The van der Waals surface area contributed by atoms with Crippen LogP contribution in [0, 0.1) is 0 Å². The van der Waals surface area contributed by atoms with Gasteiger partial charge in [-0.3, -0.25) is 4.90 Å². The molecule has 84 valence electrons. The fourth-order valence-electron chi connectivity index (χ4n) is 2.02. The summed E-state index contributed by atoms with van der Waals surface area (Å²) in [6.45, 7) is 1.82. The zero-order valence-electron chi connectivity index (χ0n) is 9.11. The summed E-state index contributed by atoms with van der Waals surface area (Å²) in [4.78, 5) is 3.88. The minimum Gasteiger partial charge on any atom is -0.329 e. The van der Waals surface area contributed by atoms with Crippen LogP contribution in [-0.4, -0.2) is 35.5 Å². The molecule has 1 atom stereocenters. The number of thiophene rings is 1. The zero-order chi connectivity index (χ0) is 10.7. The molecule has 15 heavy (non-hydrogen) atoms. The van der Waals surface area contributed by atoms with Gasteiger partial charge in [0.05, 0.1) is 0 Å². The predicted octanol–water partition coefficient (Wildman–Crippen LogP) is 2.01. The van der Waals surface area contributed by atoms with Gasteiger partial charge in [-0.05, 0) is 30.7 Å². The van der Waals surface area contributed by atoms with Gasteiger partial charge in [-0.25, -0.2) is 0 Å². The fraction of sp³-hybridized carbons (Fsp3) is 0.636. The summed E-state index contributed by atoms with van der Waals surface area (Å²) >= 11 is 3.86. The van der Waals surface area contributed by atoms with Crippen LogP contribution in [0.25, 0.3) is 0 Å². The Morgan fingerprint density at radius 1 is 1.60 bits per heavy atom. The van der Waals surface area contributed by atoms with E-state index in [2.05, 4.69) is 29.5 Å². The lowest BCUT2D eigenvalue weighted by Crippen LogP contribution is -2.51. The summed E-state index contributed by atoms with van der Waals surface area (Å²) in [6.07, 6.45) is 1.23. The number of rotatable bonds is 4. The Bertz CT molecular complexity index is 292.